The van der Waals surface area contributed by atoms with Gasteiger partial charge in [-0.05, 0) is 35.3 Å². The number of hydroxylamine groups is 1. The molecule has 4 aromatic rings. The summed E-state index contributed by atoms with van der Waals surface area (Å²) in [6.45, 7) is 4.75. The zero-order chi connectivity index (χ0) is 22.6. The lowest BCUT2D eigenvalue weighted by molar-refractivity contribution is 0.194. The maximum atomic E-state index is 7.57. The number of halogens is 1. The molecule has 0 aliphatic rings. The first-order chi connectivity index (χ1) is 15.0. The van der Waals surface area contributed by atoms with E-state index in [1.807, 2.05) is 28.8 Å². The van der Waals surface area contributed by atoms with Gasteiger partial charge < -0.3 is 15.6 Å². The molecule has 4 rings (SSSR count). The van der Waals surface area contributed by atoms with Gasteiger partial charge in [-0.25, -0.2) is 10.5 Å². The van der Waals surface area contributed by atoms with Crippen molar-refractivity contribution in [3.8, 4) is 11.3 Å². The third-order valence-electron chi connectivity index (χ3n) is 4.09. The van der Waals surface area contributed by atoms with Crippen LogP contribution >= 0.6 is 15.9 Å². The Bertz CT molecular complexity index is 1050. The van der Waals surface area contributed by atoms with E-state index in [0.717, 1.165) is 33.7 Å². The fourth-order valence-corrected chi connectivity index (χ4v) is 3.07. The van der Waals surface area contributed by atoms with Gasteiger partial charge in [0.15, 0.2) is 5.65 Å². The zero-order valence-electron chi connectivity index (χ0n) is 17.9. The highest BCUT2D eigenvalue weighted by atomic mass is 79.9. The first-order valence-corrected chi connectivity index (χ1v) is 10.6. The topological polar surface area (TPSA) is 94.7 Å². The van der Waals surface area contributed by atoms with Crippen LogP contribution in [0.2, 0.25) is 0 Å². The Morgan fingerprint density at radius 3 is 2.29 bits per heavy atom. The molecule has 0 saturated carbocycles. The lowest BCUT2D eigenvalue weighted by atomic mass is 10.1. The van der Waals surface area contributed by atoms with Crippen LogP contribution in [-0.2, 0) is 6.54 Å². The maximum absolute atomic E-state index is 7.57. The molecule has 0 spiro atoms. The summed E-state index contributed by atoms with van der Waals surface area (Å²) >= 11 is 3.54. The molecule has 0 saturated heterocycles. The summed E-state index contributed by atoms with van der Waals surface area (Å²) in [5, 5.41) is 22.8. The number of nitrogens with one attached hydrogen (secondary N) is 2. The fraction of sp³-hybridized carbons (Fsp3) is 0.217. The predicted molar refractivity (Wildman–Crippen MR) is 128 cm³/mol. The molecule has 0 fully saturated rings. The van der Waals surface area contributed by atoms with Crippen LogP contribution in [0.5, 0.6) is 0 Å². The molecule has 7 nitrogen and oxygen atoms in total. The molecule has 0 radical (unpaired) electrons. The smallest absolute Gasteiger partial charge is 0.172 e. The van der Waals surface area contributed by atoms with Crippen LogP contribution in [0.1, 0.15) is 18.1 Å². The molecule has 0 aliphatic heterocycles. The average Bonchev–Trinajstić information content (AvgIpc) is 3.16. The predicted octanol–water partition coefficient (Wildman–Crippen LogP) is 4.67. The Balaban J connectivity index is 0.000000513. The Kier molecular flexibility index (Phi) is 10.1. The van der Waals surface area contributed by atoms with Gasteiger partial charge in [-0.3, -0.25) is 0 Å². The zero-order valence-corrected chi connectivity index (χ0v) is 19.5. The Labute approximate surface area is 190 Å². The molecule has 0 amide bonds. The number of rotatable bonds is 4. The van der Waals surface area contributed by atoms with Crippen molar-refractivity contribution in [1.29, 1.82) is 0 Å². The van der Waals surface area contributed by atoms with Crippen molar-refractivity contribution >= 4 is 27.4 Å². The number of aryl methyl sites for hydroxylation is 1. The minimum absolute atomic E-state index is 0.250. The second-order valence-corrected chi connectivity index (χ2v) is 7.35. The number of hydrogen-bond acceptors (Lipinski definition) is 6. The molecular weight excluding hydrogens is 458 g/mol. The molecule has 164 valence electrons. The highest BCUT2D eigenvalue weighted by molar-refractivity contribution is 9.10. The summed E-state index contributed by atoms with van der Waals surface area (Å²) in [6, 6.07) is 20.7. The van der Waals surface area contributed by atoms with E-state index in [1.54, 1.807) is 18.6 Å². The molecule has 2 aromatic carbocycles. The van der Waals surface area contributed by atoms with Crippen LogP contribution in [0.15, 0.2) is 71.3 Å². The van der Waals surface area contributed by atoms with Crippen molar-refractivity contribution < 1.29 is 10.3 Å². The minimum Gasteiger partial charge on any atom is -0.397 e. The van der Waals surface area contributed by atoms with E-state index in [1.165, 1.54) is 18.2 Å². The van der Waals surface area contributed by atoms with Crippen molar-refractivity contribution in [3.63, 3.8) is 0 Å². The van der Waals surface area contributed by atoms with Gasteiger partial charge in [-0.15, -0.1) is 0 Å². The summed E-state index contributed by atoms with van der Waals surface area (Å²) in [5.74, 6) is 0.912. The van der Waals surface area contributed by atoms with Gasteiger partial charge >= 0.3 is 0 Å². The van der Waals surface area contributed by atoms with Crippen LogP contribution in [0, 0.1) is 6.92 Å². The van der Waals surface area contributed by atoms with E-state index in [-0.39, 0.29) is 6.61 Å². The normalized spacial score (nSPS) is 10.0. The first-order valence-electron chi connectivity index (χ1n) is 9.84. The fourth-order valence-electron chi connectivity index (χ4n) is 2.72. The van der Waals surface area contributed by atoms with Crippen LogP contribution in [0.25, 0.3) is 16.9 Å². The van der Waals surface area contributed by atoms with Gasteiger partial charge in [0, 0.05) is 31.8 Å². The van der Waals surface area contributed by atoms with Crippen molar-refractivity contribution in [2.24, 2.45) is 0 Å². The molecule has 8 heteroatoms. The number of aromatic nitrogens is 3. The molecule has 0 unspecified atom stereocenters. The van der Waals surface area contributed by atoms with Crippen molar-refractivity contribution in [2.45, 2.75) is 20.4 Å². The highest BCUT2D eigenvalue weighted by Gasteiger charge is 2.11. The van der Waals surface area contributed by atoms with Crippen LogP contribution in [-0.4, -0.2) is 38.6 Å². The Morgan fingerprint density at radius 2 is 1.68 bits per heavy atom. The summed E-state index contributed by atoms with van der Waals surface area (Å²) in [5.41, 5.74) is 7.03. The van der Waals surface area contributed by atoms with Crippen LogP contribution in [0.4, 0.5) is 5.82 Å². The van der Waals surface area contributed by atoms with E-state index >= 15 is 0 Å². The minimum atomic E-state index is 0.250. The second-order valence-electron chi connectivity index (χ2n) is 6.50. The van der Waals surface area contributed by atoms with Gasteiger partial charge in [-0.1, -0.05) is 60.2 Å². The van der Waals surface area contributed by atoms with Crippen molar-refractivity contribution in [1.82, 2.24) is 20.1 Å². The van der Waals surface area contributed by atoms with Gasteiger partial charge in [0.05, 0.1) is 16.4 Å². The molecule has 2 aromatic heterocycles. The van der Waals surface area contributed by atoms with Crippen LogP contribution in [0.3, 0.4) is 0 Å². The van der Waals surface area contributed by atoms with Crippen LogP contribution < -0.4 is 10.8 Å². The lowest BCUT2D eigenvalue weighted by Gasteiger charge is -2.11. The highest BCUT2D eigenvalue weighted by Crippen LogP contribution is 2.26. The van der Waals surface area contributed by atoms with Gasteiger partial charge in [0.2, 0.25) is 0 Å². The van der Waals surface area contributed by atoms with Crippen molar-refractivity contribution in [3.05, 3.63) is 82.5 Å². The lowest BCUT2D eigenvalue weighted by Crippen LogP contribution is -2.06. The monoisotopic (exact) mass is 485 g/mol. The summed E-state index contributed by atoms with van der Waals surface area (Å²) in [7, 11) is 1.43. The number of benzene rings is 2. The molecule has 0 atom stereocenters. The molecule has 4 N–H and O–H groups in total. The van der Waals surface area contributed by atoms with Gasteiger partial charge in [-0.2, -0.15) is 9.61 Å². The third kappa shape index (κ3) is 7.15. The van der Waals surface area contributed by atoms with E-state index in [4.69, 9.17) is 15.3 Å². The standard InChI is InChI=1S/C20H17BrN4.C2H6O.CH5NO/c1-14-7-9-15(10-8-14)12-22-19-11-18(16-5-3-2-4-6-16)24-20-17(21)13-23-25(19)20;2*1-2-3/h2-11,13,22H,12H2,1H3;3H,2H2,1H3;2-3H,1H3. The van der Waals surface area contributed by atoms with Gasteiger partial charge in [0.25, 0.3) is 0 Å². The number of hydrogen-bond donors (Lipinski definition) is 4. The third-order valence-corrected chi connectivity index (χ3v) is 4.65. The average molecular weight is 486 g/mol. The van der Waals surface area contributed by atoms with E-state index in [2.05, 4.69) is 69.7 Å². The van der Waals surface area contributed by atoms with E-state index in [0.29, 0.717) is 0 Å². The first kappa shape index (κ1) is 24.5. The number of fused-ring (bicyclic) bond motifs is 1. The quantitative estimate of drug-likeness (QED) is 0.313. The Morgan fingerprint density at radius 1 is 1.06 bits per heavy atom. The Hall–Kier alpha value is -2.78. The number of anilines is 1. The molecule has 0 bridgehead atoms. The van der Waals surface area contributed by atoms with E-state index < -0.39 is 0 Å². The summed E-state index contributed by atoms with van der Waals surface area (Å²) in [6.07, 6.45) is 1.77. The second kappa shape index (κ2) is 12.8. The van der Waals surface area contributed by atoms with E-state index in [9.17, 15) is 0 Å². The largest absolute Gasteiger partial charge is 0.397 e. The molecule has 0 aliphatic carbocycles. The summed E-state index contributed by atoms with van der Waals surface area (Å²) < 4.78 is 2.70. The molecule has 2 heterocycles. The number of aliphatic hydroxyl groups excluding tert-OH is 1. The SMILES string of the molecule is CCO.CNO.Cc1ccc(CNc2cc(-c3ccccc3)nc3c(Br)cnn23)cc1. The van der Waals surface area contributed by atoms with Crippen molar-refractivity contribution in [2.75, 3.05) is 19.0 Å². The summed E-state index contributed by atoms with van der Waals surface area (Å²) in [4.78, 5) is 4.75. The maximum Gasteiger partial charge on any atom is 0.172 e. The van der Waals surface area contributed by atoms with Gasteiger partial charge in [0.1, 0.15) is 5.82 Å². The number of nitrogens with zero attached hydrogens (tertiary/aromatic N) is 3. The molecule has 31 heavy (non-hydrogen) atoms. The number of aliphatic hydroxyl groups is 1. The molecular formula is C23H28BrN5O2.